The van der Waals surface area contributed by atoms with Gasteiger partial charge in [0.1, 0.15) is 0 Å². The number of nitrogens with two attached hydrogens (primary N) is 2. The maximum Gasteiger partial charge on any atom is 0.0772 e. The maximum atomic E-state index is 6.12. The fraction of sp³-hybridized carbons (Fsp3) is 0.455. The van der Waals surface area contributed by atoms with Crippen LogP contribution in [0.2, 0.25) is 0 Å². The molecule has 0 amide bonds. The minimum Gasteiger partial charge on any atom is -0.404 e. The molecule has 1 atom stereocenters. The highest BCUT2D eigenvalue weighted by Crippen LogP contribution is 2.16. The molecule has 3 nitrogen and oxygen atoms in total. The molecule has 4 heteroatoms. The Morgan fingerprint density at radius 1 is 1.53 bits per heavy atom. The third-order valence-corrected chi connectivity index (χ3v) is 2.54. The van der Waals surface area contributed by atoms with Gasteiger partial charge in [0.05, 0.1) is 6.04 Å². The van der Waals surface area contributed by atoms with Crippen LogP contribution in [0.15, 0.2) is 35.2 Å². The van der Waals surface area contributed by atoms with E-state index in [4.69, 9.17) is 23.2 Å². The highest BCUT2D eigenvalue weighted by molar-refractivity contribution is 6.30. The van der Waals surface area contributed by atoms with Crippen molar-refractivity contribution < 1.29 is 0 Å². The summed E-state index contributed by atoms with van der Waals surface area (Å²) in [6, 6.07) is -0.0515. The van der Waals surface area contributed by atoms with Crippen LogP contribution in [0.25, 0.3) is 0 Å². The third-order valence-electron chi connectivity index (χ3n) is 2.11. The monoisotopic (exact) mass is 229 g/mol. The third kappa shape index (κ3) is 4.91. The Balaban J connectivity index is 4.62. The first-order valence-electron chi connectivity index (χ1n) is 5.00. The summed E-state index contributed by atoms with van der Waals surface area (Å²) in [6.45, 7) is 5.86. The Bertz CT molecular complexity index is 269. The lowest BCUT2D eigenvalue weighted by Crippen LogP contribution is -2.34. The minimum absolute atomic E-state index is 0.0515. The summed E-state index contributed by atoms with van der Waals surface area (Å²) >= 11 is 6.12. The number of hydrogen-bond donors (Lipinski definition) is 2. The van der Waals surface area contributed by atoms with Crippen LogP contribution >= 0.6 is 11.6 Å². The molecule has 4 N–H and O–H groups in total. The molecular formula is C11H20ClN3. The Labute approximate surface area is 97.0 Å². The number of nitrogens with zero attached hydrogens (tertiary/aromatic N) is 1. The maximum absolute atomic E-state index is 6.12. The molecule has 0 rings (SSSR count). The second-order valence-corrected chi connectivity index (χ2v) is 3.67. The fourth-order valence-corrected chi connectivity index (χ4v) is 1.26. The molecule has 0 aromatic heterocycles. The Morgan fingerprint density at radius 2 is 2.13 bits per heavy atom. The van der Waals surface area contributed by atoms with Crippen molar-refractivity contribution in [2.45, 2.75) is 33.2 Å². The first-order chi connectivity index (χ1) is 7.06. The average molecular weight is 230 g/mol. The second-order valence-electron chi connectivity index (χ2n) is 3.23. The lowest BCUT2D eigenvalue weighted by atomic mass is 10.1. The smallest absolute Gasteiger partial charge is 0.0772 e. The zero-order valence-corrected chi connectivity index (χ0v) is 10.3. The Hall–Kier alpha value is -0.930. The van der Waals surface area contributed by atoms with Crippen molar-refractivity contribution in [3.05, 3.63) is 35.2 Å². The van der Waals surface area contributed by atoms with E-state index in [1.165, 1.54) is 0 Å². The van der Waals surface area contributed by atoms with Gasteiger partial charge in [-0.1, -0.05) is 24.6 Å². The minimum atomic E-state index is -0.0515. The Kier molecular flexibility index (Phi) is 6.92. The van der Waals surface area contributed by atoms with Crippen LogP contribution in [0.3, 0.4) is 0 Å². The normalized spacial score (nSPS) is 15.8. The highest BCUT2D eigenvalue weighted by atomic mass is 35.5. The molecule has 0 radical (unpaired) electrons. The second kappa shape index (κ2) is 7.37. The predicted molar refractivity (Wildman–Crippen MR) is 66.8 cm³/mol. The summed E-state index contributed by atoms with van der Waals surface area (Å²) in [6.07, 6.45) is 7.91. The zero-order valence-electron chi connectivity index (χ0n) is 9.57. The number of hydrazine groups is 1. The van der Waals surface area contributed by atoms with Crippen LogP contribution in [0.5, 0.6) is 0 Å². The molecule has 0 aromatic carbocycles. The van der Waals surface area contributed by atoms with Crippen LogP contribution < -0.4 is 11.6 Å². The van der Waals surface area contributed by atoms with Gasteiger partial charge in [-0.25, -0.2) is 5.84 Å². The summed E-state index contributed by atoms with van der Waals surface area (Å²) in [4.78, 5) is 0. The van der Waals surface area contributed by atoms with E-state index in [-0.39, 0.29) is 6.04 Å². The number of rotatable bonds is 5. The zero-order chi connectivity index (χ0) is 11.8. The standard InChI is InChI=1S/C11H20ClN3/c1-4-6-15(14)9(3)11(12)7-10(5-2)8-13/h4,6-9H,5,13-14H2,1-3H3/b6-4-,10-8-,11-7+. The molecule has 0 aliphatic carbocycles. The molecule has 0 aromatic rings. The van der Waals surface area contributed by atoms with Gasteiger partial charge in [0, 0.05) is 11.2 Å². The topological polar surface area (TPSA) is 55.3 Å². The summed E-state index contributed by atoms with van der Waals surface area (Å²) in [5.74, 6) is 5.76. The summed E-state index contributed by atoms with van der Waals surface area (Å²) < 4.78 is 0. The first-order valence-corrected chi connectivity index (χ1v) is 5.38. The molecule has 0 heterocycles. The summed E-state index contributed by atoms with van der Waals surface area (Å²) in [7, 11) is 0. The van der Waals surface area contributed by atoms with Crippen molar-refractivity contribution in [2.75, 3.05) is 0 Å². The summed E-state index contributed by atoms with van der Waals surface area (Å²) in [5.41, 5.74) is 6.44. The lowest BCUT2D eigenvalue weighted by Gasteiger charge is -2.21. The van der Waals surface area contributed by atoms with E-state index in [0.29, 0.717) is 5.03 Å². The number of allylic oxidation sites excluding steroid dienone is 3. The van der Waals surface area contributed by atoms with Gasteiger partial charge in [-0.05, 0) is 38.1 Å². The van der Waals surface area contributed by atoms with E-state index in [1.54, 1.807) is 17.4 Å². The van der Waals surface area contributed by atoms with Crippen molar-refractivity contribution in [3.63, 3.8) is 0 Å². The molecular weight excluding hydrogens is 210 g/mol. The lowest BCUT2D eigenvalue weighted by molar-refractivity contribution is 0.345. The molecule has 86 valence electrons. The first kappa shape index (κ1) is 14.1. The van der Waals surface area contributed by atoms with Crippen LogP contribution in [0.1, 0.15) is 27.2 Å². The molecule has 0 saturated carbocycles. The van der Waals surface area contributed by atoms with Gasteiger partial charge in [0.2, 0.25) is 0 Å². The van der Waals surface area contributed by atoms with Crippen molar-refractivity contribution in [3.8, 4) is 0 Å². The van der Waals surface area contributed by atoms with Gasteiger partial charge in [0.25, 0.3) is 0 Å². The molecule has 0 saturated heterocycles. The van der Waals surface area contributed by atoms with Gasteiger partial charge in [-0.3, -0.25) is 0 Å². The molecule has 0 bridgehead atoms. The van der Waals surface area contributed by atoms with Crippen molar-refractivity contribution in [1.82, 2.24) is 5.01 Å². The SMILES string of the molecule is C/C=C\N(N)C(C)/C(Cl)=C\C(=C/N)CC. The Morgan fingerprint density at radius 3 is 2.53 bits per heavy atom. The van der Waals surface area contributed by atoms with Gasteiger partial charge < -0.3 is 10.7 Å². The fourth-order valence-electron chi connectivity index (χ4n) is 1.01. The van der Waals surface area contributed by atoms with Crippen molar-refractivity contribution >= 4 is 11.6 Å². The predicted octanol–water partition coefficient (Wildman–Crippen LogP) is 2.46. The number of halogens is 1. The van der Waals surface area contributed by atoms with E-state index in [9.17, 15) is 0 Å². The van der Waals surface area contributed by atoms with E-state index >= 15 is 0 Å². The quantitative estimate of drug-likeness (QED) is 0.433. The molecule has 0 spiro atoms. The van der Waals surface area contributed by atoms with Crippen LogP contribution in [0.4, 0.5) is 0 Å². The van der Waals surface area contributed by atoms with Crippen LogP contribution in [-0.4, -0.2) is 11.1 Å². The van der Waals surface area contributed by atoms with Crippen molar-refractivity contribution in [1.29, 1.82) is 0 Å². The molecule has 0 aliphatic heterocycles. The van der Waals surface area contributed by atoms with Gasteiger partial charge in [-0.15, -0.1) is 0 Å². The van der Waals surface area contributed by atoms with E-state index < -0.39 is 0 Å². The van der Waals surface area contributed by atoms with Gasteiger partial charge >= 0.3 is 0 Å². The highest BCUT2D eigenvalue weighted by Gasteiger charge is 2.09. The van der Waals surface area contributed by atoms with Crippen molar-refractivity contribution in [2.24, 2.45) is 11.6 Å². The molecule has 15 heavy (non-hydrogen) atoms. The number of hydrogen-bond acceptors (Lipinski definition) is 3. The van der Waals surface area contributed by atoms with E-state index in [0.717, 1.165) is 12.0 Å². The molecule has 1 unspecified atom stereocenters. The molecule has 0 aliphatic rings. The summed E-state index contributed by atoms with van der Waals surface area (Å²) in [5, 5.41) is 2.23. The van der Waals surface area contributed by atoms with Crippen LogP contribution in [-0.2, 0) is 0 Å². The van der Waals surface area contributed by atoms with Crippen LogP contribution in [0, 0.1) is 0 Å². The molecule has 0 fully saturated rings. The van der Waals surface area contributed by atoms with Gasteiger partial charge in [0.15, 0.2) is 0 Å². The average Bonchev–Trinajstić information content (AvgIpc) is 2.24. The van der Waals surface area contributed by atoms with E-state index in [2.05, 4.69) is 0 Å². The van der Waals surface area contributed by atoms with Gasteiger partial charge in [-0.2, -0.15) is 0 Å². The largest absolute Gasteiger partial charge is 0.404 e. The van der Waals surface area contributed by atoms with E-state index in [1.807, 2.05) is 32.9 Å².